The van der Waals surface area contributed by atoms with Crippen molar-refractivity contribution >= 4 is 17.5 Å². The van der Waals surface area contributed by atoms with Crippen LogP contribution in [-0.4, -0.2) is 26.8 Å². The van der Waals surface area contributed by atoms with Gasteiger partial charge in [-0.05, 0) is 61.1 Å². The molecule has 1 fully saturated rings. The fourth-order valence-electron chi connectivity index (χ4n) is 3.09. The lowest BCUT2D eigenvalue weighted by Gasteiger charge is -2.13. The molecular weight excluding hydrogens is 423 g/mol. The van der Waals surface area contributed by atoms with Crippen LogP contribution < -0.4 is 16.6 Å². The smallest absolute Gasteiger partial charge is 0.350 e. The Morgan fingerprint density at radius 2 is 1.90 bits per heavy atom. The average molecular weight is 443 g/mol. The van der Waals surface area contributed by atoms with Gasteiger partial charge in [-0.25, -0.2) is 9.18 Å². The predicted octanol–water partition coefficient (Wildman–Crippen LogP) is 2.68. The molecule has 0 bridgehead atoms. The van der Waals surface area contributed by atoms with Gasteiger partial charge in [-0.1, -0.05) is 29.8 Å². The van der Waals surface area contributed by atoms with E-state index in [4.69, 9.17) is 11.6 Å². The molecule has 160 valence electrons. The molecule has 0 aliphatic heterocycles. The number of hydrogen-bond acceptors (Lipinski definition) is 4. The summed E-state index contributed by atoms with van der Waals surface area (Å²) >= 11 is 6.20. The Hall–Kier alpha value is -3.26. The summed E-state index contributed by atoms with van der Waals surface area (Å²) in [6.45, 7) is 2.13. The van der Waals surface area contributed by atoms with Gasteiger partial charge >= 0.3 is 5.69 Å². The lowest BCUT2D eigenvalue weighted by atomic mass is 10.2. The molecule has 4 rings (SSSR count). The van der Waals surface area contributed by atoms with Gasteiger partial charge in [-0.15, -0.1) is 0 Å². The minimum atomic E-state index is -0.808. The maximum absolute atomic E-state index is 13.3. The average Bonchev–Trinajstić information content (AvgIpc) is 3.57. The van der Waals surface area contributed by atoms with Crippen molar-refractivity contribution in [1.82, 2.24) is 19.7 Å². The van der Waals surface area contributed by atoms with E-state index in [0.717, 1.165) is 27.7 Å². The predicted molar refractivity (Wildman–Crippen MR) is 114 cm³/mol. The van der Waals surface area contributed by atoms with E-state index in [2.05, 4.69) is 10.4 Å². The highest BCUT2D eigenvalue weighted by molar-refractivity contribution is 6.31. The molecule has 1 saturated carbocycles. The summed E-state index contributed by atoms with van der Waals surface area (Å²) in [5.74, 6) is -0.665. The van der Waals surface area contributed by atoms with Crippen molar-refractivity contribution in [3.05, 3.63) is 91.0 Å². The first-order chi connectivity index (χ1) is 14.8. The van der Waals surface area contributed by atoms with E-state index in [1.807, 2.05) is 6.92 Å². The minimum absolute atomic E-state index is 0.136. The number of nitrogens with one attached hydrogen (secondary N) is 1. The number of carbonyl (C=O) groups excluding carboxylic acids is 1. The van der Waals surface area contributed by atoms with Crippen LogP contribution in [0.4, 0.5) is 4.39 Å². The molecule has 9 heteroatoms. The summed E-state index contributed by atoms with van der Waals surface area (Å²) in [6, 6.07) is 10.3. The molecule has 0 saturated heterocycles. The van der Waals surface area contributed by atoms with Gasteiger partial charge in [0.25, 0.3) is 11.5 Å². The normalized spacial score (nSPS) is 13.3. The fourth-order valence-corrected chi connectivity index (χ4v) is 3.27. The van der Waals surface area contributed by atoms with E-state index in [1.165, 1.54) is 24.3 Å². The molecule has 1 amide bonds. The van der Waals surface area contributed by atoms with Crippen LogP contribution in [0.1, 0.15) is 34.5 Å². The third kappa shape index (κ3) is 4.59. The van der Waals surface area contributed by atoms with E-state index in [9.17, 15) is 18.8 Å². The molecule has 0 spiro atoms. The summed E-state index contributed by atoms with van der Waals surface area (Å²) in [5, 5.41) is 7.20. The zero-order valence-corrected chi connectivity index (χ0v) is 17.5. The number of amides is 1. The van der Waals surface area contributed by atoms with Crippen LogP contribution in [0.25, 0.3) is 5.69 Å². The van der Waals surface area contributed by atoms with Crippen LogP contribution in [0, 0.1) is 18.7 Å². The number of halogens is 2. The van der Waals surface area contributed by atoms with E-state index in [1.54, 1.807) is 18.2 Å². The topological polar surface area (TPSA) is 86.0 Å². The molecule has 1 aromatic heterocycles. The summed E-state index contributed by atoms with van der Waals surface area (Å²) in [5.41, 5.74) is -0.265. The van der Waals surface area contributed by atoms with Gasteiger partial charge in [0.2, 0.25) is 5.69 Å². The summed E-state index contributed by atoms with van der Waals surface area (Å²) in [7, 11) is 0. The van der Waals surface area contributed by atoms with E-state index < -0.39 is 23.0 Å². The zero-order chi connectivity index (χ0) is 22.1. The van der Waals surface area contributed by atoms with Gasteiger partial charge in [-0.3, -0.25) is 14.2 Å². The number of hydrogen-bond donors (Lipinski definition) is 1. The Morgan fingerprint density at radius 1 is 1.19 bits per heavy atom. The molecular formula is C22H20ClFN4O3. The molecule has 1 heterocycles. The van der Waals surface area contributed by atoms with Gasteiger partial charge in [0.05, 0.1) is 12.2 Å². The lowest BCUT2D eigenvalue weighted by molar-refractivity contribution is 0.0942. The maximum Gasteiger partial charge on any atom is 0.352 e. The molecule has 0 atom stereocenters. The molecule has 1 aliphatic carbocycles. The fraction of sp³-hybridized carbons (Fsp3) is 0.273. The van der Waals surface area contributed by atoms with Gasteiger partial charge in [-0.2, -0.15) is 9.78 Å². The van der Waals surface area contributed by atoms with Crippen LogP contribution in [0.5, 0.6) is 0 Å². The van der Waals surface area contributed by atoms with Crippen molar-refractivity contribution in [2.75, 3.05) is 6.54 Å². The van der Waals surface area contributed by atoms with Crippen molar-refractivity contribution in [2.45, 2.75) is 26.3 Å². The second-order valence-corrected chi connectivity index (χ2v) is 8.05. The molecule has 1 N–H and O–H groups in total. The standard InChI is InChI=1S/C22H20ClFN4O3/c1-13-2-9-17(10-18(13)23)28-22(31)27(12-15-5-7-16(24)8-6-15)21(30)19(26-28)20(29)25-11-14-3-4-14/h2,5-10,14H,3-4,11-12H2,1H3,(H,25,29). The molecule has 0 radical (unpaired) electrons. The van der Waals surface area contributed by atoms with Crippen molar-refractivity contribution in [3.63, 3.8) is 0 Å². The number of carbonyl (C=O) groups is 1. The highest BCUT2D eigenvalue weighted by atomic mass is 35.5. The number of rotatable bonds is 6. The Balaban J connectivity index is 1.82. The van der Waals surface area contributed by atoms with Crippen molar-refractivity contribution < 1.29 is 9.18 Å². The monoisotopic (exact) mass is 442 g/mol. The van der Waals surface area contributed by atoms with Crippen molar-refractivity contribution in [3.8, 4) is 5.69 Å². The van der Waals surface area contributed by atoms with E-state index >= 15 is 0 Å². The van der Waals surface area contributed by atoms with Crippen LogP contribution in [0.2, 0.25) is 5.02 Å². The number of aromatic nitrogens is 3. The molecule has 3 aromatic rings. The van der Waals surface area contributed by atoms with Crippen LogP contribution in [0.15, 0.2) is 52.1 Å². The first-order valence-corrected chi connectivity index (χ1v) is 10.2. The summed E-state index contributed by atoms with van der Waals surface area (Å²) in [4.78, 5) is 38.8. The number of benzene rings is 2. The number of aryl methyl sites for hydroxylation is 1. The third-order valence-corrected chi connectivity index (χ3v) is 5.58. The Morgan fingerprint density at radius 3 is 2.55 bits per heavy atom. The van der Waals surface area contributed by atoms with Crippen molar-refractivity contribution in [2.24, 2.45) is 5.92 Å². The van der Waals surface area contributed by atoms with Gasteiger partial charge < -0.3 is 5.32 Å². The molecule has 31 heavy (non-hydrogen) atoms. The van der Waals surface area contributed by atoms with E-state index in [-0.39, 0.29) is 12.2 Å². The first kappa shape index (κ1) is 21.0. The van der Waals surface area contributed by atoms with Crippen LogP contribution in [-0.2, 0) is 6.54 Å². The van der Waals surface area contributed by atoms with Gasteiger partial charge in [0.1, 0.15) is 5.82 Å². The van der Waals surface area contributed by atoms with Crippen LogP contribution >= 0.6 is 11.6 Å². The highest BCUT2D eigenvalue weighted by Gasteiger charge is 2.25. The van der Waals surface area contributed by atoms with Gasteiger partial charge in [0.15, 0.2) is 0 Å². The second-order valence-electron chi connectivity index (χ2n) is 7.65. The lowest BCUT2D eigenvalue weighted by Crippen LogP contribution is -2.46. The zero-order valence-electron chi connectivity index (χ0n) is 16.8. The third-order valence-electron chi connectivity index (χ3n) is 5.18. The SMILES string of the molecule is Cc1ccc(-n2nc(C(=O)NCC3CC3)c(=O)n(Cc3ccc(F)cc3)c2=O)cc1Cl. The summed E-state index contributed by atoms with van der Waals surface area (Å²) in [6.07, 6.45) is 2.06. The molecule has 7 nitrogen and oxygen atoms in total. The minimum Gasteiger partial charge on any atom is -0.350 e. The highest BCUT2D eigenvalue weighted by Crippen LogP contribution is 2.27. The Labute approximate surface area is 182 Å². The molecule has 1 aliphatic rings. The van der Waals surface area contributed by atoms with Crippen molar-refractivity contribution in [1.29, 1.82) is 0 Å². The van der Waals surface area contributed by atoms with Gasteiger partial charge in [0, 0.05) is 11.6 Å². The summed E-state index contributed by atoms with van der Waals surface area (Å²) < 4.78 is 15.2. The largest absolute Gasteiger partial charge is 0.352 e. The number of nitrogens with zero attached hydrogens (tertiary/aromatic N) is 3. The second kappa shape index (κ2) is 8.47. The van der Waals surface area contributed by atoms with Crippen LogP contribution in [0.3, 0.4) is 0 Å². The molecule has 2 aromatic carbocycles. The van der Waals surface area contributed by atoms with E-state index in [0.29, 0.717) is 28.7 Å². The Kier molecular flexibility index (Phi) is 5.73. The molecule has 0 unspecified atom stereocenters. The quantitative estimate of drug-likeness (QED) is 0.636. The maximum atomic E-state index is 13.3. The first-order valence-electron chi connectivity index (χ1n) is 9.87. The Bertz CT molecular complexity index is 1260.